The number of nitrogens with zero attached hydrogens (tertiary/aromatic N) is 2. The van der Waals surface area contributed by atoms with Crippen LogP contribution in [0.4, 0.5) is 15.3 Å². The molecule has 15 heteroatoms. The highest BCUT2D eigenvalue weighted by atomic mass is 127. The average Bonchev–Trinajstić information content (AvgIpc) is 3.04. The van der Waals surface area contributed by atoms with E-state index in [-0.39, 0.29) is 27.2 Å². The summed E-state index contributed by atoms with van der Waals surface area (Å²) in [5.41, 5.74) is 3.03. The summed E-state index contributed by atoms with van der Waals surface area (Å²) >= 11 is 6.55. The second-order valence-corrected chi connectivity index (χ2v) is 17.6. The molecule has 5 amide bonds. The van der Waals surface area contributed by atoms with Crippen molar-refractivity contribution in [3.8, 4) is 0 Å². The van der Waals surface area contributed by atoms with Gasteiger partial charge in [-0.2, -0.15) is 0 Å². The number of halogens is 4. The first-order chi connectivity index (χ1) is 22.4. The van der Waals surface area contributed by atoms with Gasteiger partial charge in [0.25, 0.3) is 0 Å². The summed E-state index contributed by atoms with van der Waals surface area (Å²) in [5, 5.41) is 8.48. The van der Waals surface area contributed by atoms with Crippen LogP contribution in [0.5, 0.6) is 0 Å². The van der Waals surface area contributed by atoms with E-state index in [1.165, 1.54) is 26.7 Å². The van der Waals surface area contributed by atoms with Gasteiger partial charge in [-0.15, -0.1) is 20.7 Å². The van der Waals surface area contributed by atoms with Crippen LogP contribution in [-0.2, 0) is 22.5 Å². The third kappa shape index (κ3) is 9.03. The Hall–Kier alpha value is -1.43. The lowest BCUT2D eigenvalue weighted by molar-refractivity contribution is -0.137. The first-order valence-electron chi connectivity index (χ1n) is 14.7. The van der Waals surface area contributed by atoms with Gasteiger partial charge in [0.15, 0.2) is 0 Å². The van der Waals surface area contributed by atoms with Crippen molar-refractivity contribution in [3.63, 3.8) is 0 Å². The van der Waals surface area contributed by atoms with Crippen molar-refractivity contribution in [2.24, 2.45) is 0 Å². The van der Waals surface area contributed by atoms with Crippen molar-refractivity contribution in [3.05, 3.63) is 72.0 Å². The number of carbonyl (C=O) groups excluding carboxylic acids is 4. The molecule has 0 aliphatic carbocycles. The molecule has 0 spiro atoms. The fourth-order valence-corrected chi connectivity index (χ4v) is 11.1. The second kappa shape index (κ2) is 17.5. The Bertz CT molecular complexity index is 1570. The topological polar surface area (TPSA) is 129 Å². The van der Waals surface area contributed by atoms with Gasteiger partial charge in [0, 0.05) is 43.9 Å². The Balaban J connectivity index is 1.44. The number of carbonyl (C=O) groups is 4. The van der Waals surface area contributed by atoms with Gasteiger partial charge < -0.3 is 30.3 Å². The predicted octanol–water partition coefficient (Wildman–Crippen LogP) is 5.90. The minimum absolute atomic E-state index is 0.00484. The van der Waals surface area contributed by atoms with Crippen molar-refractivity contribution in [1.82, 2.24) is 20.4 Å². The summed E-state index contributed by atoms with van der Waals surface area (Å²) in [6.45, 7) is 4.37. The van der Waals surface area contributed by atoms with Crippen LogP contribution >= 0.6 is 88.5 Å². The third-order valence-corrected chi connectivity index (χ3v) is 16.8. The molecule has 3 N–H and O–H groups in total. The summed E-state index contributed by atoms with van der Waals surface area (Å²) in [7, 11) is 2.73. The van der Waals surface area contributed by atoms with Crippen molar-refractivity contribution in [2.45, 2.75) is 33.2 Å². The first-order valence-corrected chi connectivity index (χ1v) is 20.7. The number of imide groups is 1. The molecule has 0 saturated carbocycles. The number of amides is 5. The first kappa shape index (κ1) is 38.4. The molecule has 2 heterocycles. The van der Waals surface area contributed by atoms with Crippen molar-refractivity contribution < 1.29 is 28.7 Å². The summed E-state index contributed by atoms with van der Waals surface area (Å²) < 4.78 is 17.0. The molecule has 11 nitrogen and oxygen atoms in total. The number of nitrogens with one attached hydrogen (secondary N) is 3. The molecular formula is C32H37I4N5O6. The van der Waals surface area contributed by atoms with E-state index in [9.17, 15) is 19.2 Å². The number of urea groups is 2. The minimum Gasteiger partial charge on any atom is -0.466 e. The van der Waals surface area contributed by atoms with E-state index in [1.807, 2.05) is 30.3 Å². The highest BCUT2D eigenvalue weighted by molar-refractivity contribution is 14.2. The van der Waals surface area contributed by atoms with Crippen LogP contribution in [0.25, 0.3) is 0 Å². The molecule has 47 heavy (non-hydrogen) atoms. The van der Waals surface area contributed by atoms with Gasteiger partial charge in [-0.1, -0.05) is 45.3 Å². The van der Waals surface area contributed by atoms with Gasteiger partial charge in [0.05, 0.1) is 28.4 Å². The number of rotatable bonds is 11. The molecule has 2 unspecified atom stereocenters. The van der Waals surface area contributed by atoms with E-state index in [2.05, 4.69) is 105 Å². The van der Waals surface area contributed by atoms with E-state index in [1.54, 1.807) is 0 Å². The maximum Gasteiger partial charge on any atom is 0.338 e. The Morgan fingerprint density at radius 1 is 1.15 bits per heavy atom. The van der Waals surface area contributed by atoms with Gasteiger partial charge in [-0.05, 0) is 107 Å². The van der Waals surface area contributed by atoms with Gasteiger partial charge in [0.2, 0.25) is 5.91 Å². The monoisotopic (exact) mass is 1090 g/mol. The molecular weight excluding hydrogens is 1060 g/mol. The number of anilines is 1. The Morgan fingerprint density at radius 2 is 1.91 bits per heavy atom. The molecule has 1 saturated heterocycles. The normalized spacial score (nSPS) is 21.7. The second-order valence-electron chi connectivity index (χ2n) is 11.1. The number of ether oxygens (including phenoxy) is 2. The van der Waals surface area contributed by atoms with Crippen LogP contribution in [0.2, 0.25) is 0 Å². The summed E-state index contributed by atoms with van der Waals surface area (Å²) in [6, 6.07) is 11.4. The summed E-state index contributed by atoms with van der Waals surface area (Å²) in [6.07, 6.45) is 1.64. The van der Waals surface area contributed by atoms with E-state index >= 15 is 0 Å². The average molecular weight is 1100 g/mol. The predicted molar refractivity (Wildman–Crippen MR) is 216 cm³/mol. The molecule has 0 aromatic heterocycles. The van der Waals surface area contributed by atoms with Crippen LogP contribution in [-0.4, -0.2) is 89.2 Å². The number of methoxy groups -OCH3 is 2. The zero-order valence-corrected chi connectivity index (χ0v) is 34.8. The van der Waals surface area contributed by atoms with E-state index in [0.717, 1.165) is 43.8 Å². The summed E-state index contributed by atoms with van der Waals surface area (Å²) in [5.74, 6) is -0.750. The van der Waals surface area contributed by atoms with Crippen LogP contribution in [0.1, 0.15) is 36.9 Å². The van der Waals surface area contributed by atoms with Gasteiger partial charge >= 0.3 is 18.0 Å². The van der Waals surface area contributed by atoms with Crippen molar-refractivity contribution in [2.75, 3.05) is 52.3 Å². The number of benzene rings is 2. The lowest BCUT2D eigenvalue weighted by Gasteiger charge is -2.44. The number of hydrogen-bond donors (Lipinski definition) is 3. The fourth-order valence-electron chi connectivity index (χ4n) is 5.82. The molecule has 0 bridgehead atoms. The number of piperidine rings is 1. The molecule has 0 radical (unpaired) electrons. The van der Waals surface area contributed by atoms with Gasteiger partial charge in [-0.25, -0.2) is 19.3 Å². The molecule has 2 aliphatic rings. The van der Waals surface area contributed by atoms with E-state index < -0.39 is 44.8 Å². The molecule has 3 atom stereocenters. The largest absolute Gasteiger partial charge is 0.466 e. The molecule has 2 aromatic carbocycles. The molecule has 2 aromatic rings. The van der Waals surface area contributed by atoms with Crippen molar-refractivity contribution in [1.29, 1.82) is 0 Å². The molecule has 1 fully saturated rings. The number of alkyl halides is 2. The van der Waals surface area contributed by atoms with Crippen LogP contribution < -0.4 is 16.0 Å². The van der Waals surface area contributed by atoms with Crippen LogP contribution in [0.3, 0.4) is 0 Å². The number of likely N-dealkylation sites (tertiary alicyclic amines) is 1. The third-order valence-electron chi connectivity index (χ3n) is 8.04. The zero-order chi connectivity index (χ0) is 34.3. The number of esters is 1. The van der Waals surface area contributed by atoms with Gasteiger partial charge in [-0.3, -0.25) is 4.79 Å². The SMILES string of the molecule is C=I[C@]1(c2cccc(NC(C)=O)c2)CCN(CCCNC(=O)N2C(=O)NC(COC)=C(C(=O)OC)C2c2ccc(I)c(I)c2)CC1I. The molecule has 4 rings (SSSR count). The lowest BCUT2D eigenvalue weighted by atomic mass is 9.89. The fraction of sp³-hybridized carbons (Fsp3) is 0.406. The van der Waals surface area contributed by atoms with E-state index in [4.69, 9.17) is 9.47 Å². The highest BCUT2D eigenvalue weighted by Crippen LogP contribution is 2.48. The van der Waals surface area contributed by atoms with Crippen LogP contribution in [0, 0.1) is 7.14 Å². The van der Waals surface area contributed by atoms with Gasteiger partial charge in [0.1, 0.15) is 6.04 Å². The lowest BCUT2D eigenvalue weighted by Crippen LogP contribution is -2.55. The standard InChI is InChI=1S/C32H37I4N5O6/c1-19(42)38-22-8-5-7-21(16-22)32(36-2)11-14-40(17-26(32)35)13-6-12-37-30(44)41-28(20-9-10-23(33)24(34)15-20)27(29(43)47-4)25(18-46-3)39-31(41)45/h5,7-10,15-16,26,28H,2,6,11-14,17-18H2,1,3-4H3,(H,37,44)(H,38,42)(H,39,45)/t26?,28?,32-/m0/s1. The maximum atomic E-state index is 13.6. The summed E-state index contributed by atoms with van der Waals surface area (Å²) in [4.78, 5) is 55.2. The highest BCUT2D eigenvalue weighted by Gasteiger charge is 2.44. The van der Waals surface area contributed by atoms with E-state index in [0.29, 0.717) is 22.5 Å². The maximum absolute atomic E-state index is 13.6. The Morgan fingerprint density at radius 3 is 2.55 bits per heavy atom. The Kier molecular flexibility index (Phi) is 14.3. The molecule has 254 valence electrons. The zero-order valence-electron chi connectivity index (χ0n) is 26.2. The Labute approximate surface area is 325 Å². The molecule has 2 aliphatic heterocycles. The minimum atomic E-state index is -1.00. The van der Waals surface area contributed by atoms with Crippen LogP contribution in [0.15, 0.2) is 53.7 Å². The van der Waals surface area contributed by atoms with Crippen molar-refractivity contribution >= 4 is 123 Å². The quantitative estimate of drug-likeness (QED) is 0.111. The smallest absolute Gasteiger partial charge is 0.338 e. The number of hydrogen-bond acceptors (Lipinski definition) is 7.